The summed E-state index contributed by atoms with van der Waals surface area (Å²) in [6.07, 6.45) is 0.955. The van der Waals surface area contributed by atoms with E-state index in [1.807, 2.05) is 12.1 Å². The number of ether oxygens (including phenoxy) is 2. The predicted molar refractivity (Wildman–Crippen MR) is 70.6 cm³/mol. The Labute approximate surface area is 109 Å². The number of hydrogen-bond acceptors (Lipinski definition) is 4. The van der Waals surface area contributed by atoms with Crippen molar-refractivity contribution in [1.82, 2.24) is 4.90 Å². The normalized spacial score (nSPS) is 10.3. The van der Waals surface area contributed by atoms with Gasteiger partial charge in [0.15, 0.2) is 0 Å². The topological polar surface area (TPSA) is 45.5 Å². The summed E-state index contributed by atoms with van der Waals surface area (Å²) in [5.74, 6) is 0.758. The van der Waals surface area contributed by atoms with Crippen LogP contribution in [0.1, 0.15) is 12.0 Å². The van der Waals surface area contributed by atoms with E-state index in [9.17, 15) is 0 Å². The van der Waals surface area contributed by atoms with Gasteiger partial charge in [-0.15, -0.1) is 0 Å². The zero-order valence-electron chi connectivity index (χ0n) is 11.1. The van der Waals surface area contributed by atoms with Gasteiger partial charge >= 0.3 is 0 Å². The average molecular weight is 248 g/mol. The van der Waals surface area contributed by atoms with Crippen molar-refractivity contribution in [3.63, 3.8) is 0 Å². The van der Waals surface area contributed by atoms with Crippen LogP contribution in [0.15, 0.2) is 24.3 Å². The molecule has 0 saturated carbocycles. The molecule has 0 radical (unpaired) electrons. The molecule has 1 rings (SSSR count). The molecule has 1 aromatic rings. The molecule has 0 bridgehead atoms. The van der Waals surface area contributed by atoms with Gasteiger partial charge in [-0.05, 0) is 31.7 Å². The van der Waals surface area contributed by atoms with Gasteiger partial charge in [-0.25, -0.2) is 0 Å². The molecular weight excluding hydrogens is 228 g/mol. The summed E-state index contributed by atoms with van der Waals surface area (Å²) in [5, 5.41) is 8.76. The predicted octanol–water partition coefficient (Wildman–Crippen LogP) is 1.91. The van der Waals surface area contributed by atoms with Crippen molar-refractivity contribution < 1.29 is 9.47 Å². The molecule has 98 valence electrons. The van der Waals surface area contributed by atoms with Crippen LogP contribution < -0.4 is 4.74 Å². The molecule has 0 heterocycles. The van der Waals surface area contributed by atoms with Crippen LogP contribution in [0.4, 0.5) is 0 Å². The smallest absolute Gasteiger partial charge is 0.120 e. The number of rotatable bonds is 8. The summed E-state index contributed by atoms with van der Waals surface area (Å²) < 4.78 is 10.6. The van der Waals surface area contributed by atoms with Gasteiger partial charge in [0, 0.05) is 20.2 Å². The van der Waals surface area contributed by atoms with E-state index in [1.54, 1.807) is 19.2 Å². The fraction of sp³-hybridized carbons (Fsp3) is 0.500. The lowest BCUT2D eigenvalue weighted by atomic mass is 10.2. The van der Waals surface area contributed by atoms with E-state index >= 15 is 0 Å². The number of nitriles is 1. The minimum Gasteiger partial charge on any atom is -0.494 e. The molecule has 0 amide bonds. The highest BCUT2D eigenvalue weighted by Crippen LogP contribution is 2.12. The van der Waals surface area contributed by atoms with Gasteiger partial charge in [-0.1, -0.05) is 6.07 Å². The number of methoxy groups -OCH3 is 1. The SMILES string of the molecule is COCCN(C)CCCOc1cccc(C#N)c1. The van der Waals surface area contributed by atoms with Crippen LogP contribution in [0, 0.1) is 11.3 Å². The van der Waals surface area contributed by atoms with E-state index in [0.717, 1.165) is 31.9 Å². The lowest BCUT2D eigenvalue weighted by Gasteiger charge is -2.15. The molecule has 4 heteroatoms. The van der Waals surface area contributed by atoms with Crippen LogP contribution in [0.2, 0.25) is 0 Å². The molecule has 0 spiro atoms. The second kappa shape index (κ2) is 8.51. The number of benzene rings is 1. The first-order chi connectivity index (χ1) is 8.76. The molecule has 0 N–H and O–H groups in total. The number of likely N-dealkylation sites (N-methyl/N-ethyl adjacent to an activating group) is 1. The second-order valence-electron chi connectivity index (χ2n) is 4.14. The molecule has 0 unspecified atom stereocenters. The van der Waals surface area contributed by atoms with Crippen LogP contribution in [0.25, 0.3) is 0 Å². The molecule has 1 aromatic carbocycles. The zero-order valence-corrected chi connectivity index (χ0v) is 11.1. The molecule has 0 aromatic heterocycles. The average Bonchev–Trinajstić information content (AvgIpc) is 2.41. The standard InChI is InChI=1S/C14H20N2O2/c1-16(8-10-17-2)7-4-9-18-14-6-3-5-13(11-14)12-15/h3,5-6,11H,4,7-10H2,1-2H3. The van der Waals surface area contributed by atoms with Gasteiger partial charge in [0.2, 0.25) is 0 Å². The molecular formula is C14H20N2O2. The van der Waals surface area contributed by atoms with E-state index in [0.29, 0.717) is 12.2 Å². The van der Waals surface area contributed by atoms with Crippen molar-refractivity contribution in [1.29, 1.82) is 5.26 Å². The number of nitrogens with zero attached hydrogens (tertiary/aromatic N) is 2. The van der Waals surface area contributed by atoms with Crippen LogP contribution in [0.3, 0.4) is 0 Å². The maximum atomic E-state index is 8.76. The van der Waals surface area contributed by atoms with Crippen LogP contribution >= 0.6 is 0 Å². The van der Waals surface area contributed by atoms with Gasteiger partial charge in [0.25, 0.3) is 0 Å². The maximum Gasteiger partial charge on any atom is 0.120 e. The summed E-state index contributed by atoms with van der Waals surface area (Å²) in [5.41, 5.74) is 0.629. The first kappa shape index (κ1) is 14.5. The third-order valence-corrected chi connectivity index (χ3v) is 2.59. The van der Waals surface area contributed by atoms with Crippen molar-refractivity contribution in [2.75, 3.05) is 40.5 Å². The summed E-state index contributed by atoms with van der Waals surface area (Å²) in [4.78, 5) is 2.21. The first-order valence-corrected chi connectivity index (χ1v) is 6.06. The largest absolute Gasteiger partial charge is 0.494 e. The Morgan fingerprint density at radius 3 is 2.83 bits per heavy atom. The molecule has 0 aliphatic rings. The highest BCUT2D eigenvalue weighted by Gasteiger charge is 1.99. The molecule has 0 atom stereocenters. The second-order valence-corrected chi connectivity index (χ2v) is 4.14. The lowest BCUT2D eigenvalue weighted by molar-refractivity contribution is 0.157. The molecule has 18 heavy (non-hydrogen) atoms. The maximum absolute atomic E-state index is 8.76. The fourth-order valence-electron chi connectivity index (χ4n) is 1.54. The van der Waals surface area contributed by atoms with Gasteiger partial charge in [0.1, 0.15) is 5.75 Å². The summed E-state index contributed by atoms with van der Waals surface area (Å²) >= 11 is 0. The molecule has 0 aliphatic carbocycles. The van der Waals surface area contributed by atoms with E-state index < -0.39 is 0 Å². The van der Waals surface area contributed by atoms with Gasteiger partial charge in [-0.3, -0.25) is 0 Å². The zero-order chi connectivity index (χ0) is 13.2. The Kier molecular flexibility index (Phi) is 6.85. The van der Waals surface area contributed by atoms with Gasteiger partial charge in [-0.2, -0.15) is 5.26 Å². The Bertz CT molecular complexity index is 388. The van der Waals surface area contributed by atoms with Crippen LogP contribution in [0.5, 0.6) is 5.75 Å². The van der Waals surface area contributed by atoms with Crippen molar-refractivity contribution in [2.45, 2.75) is 6.42 Å². The molecule has 0 fully saturated rings. The summed E-state index contributed by atoms with van der Waals surface area (Å²) in [6, 6.07) is 9.33. The van der Waals surface area contributed by atoms with Crippen molar-refractivity contribution in [2.24, 2.45) is 0 Å². The van der Waals surface area contributed by atoms with Crippen LogP contribution in [-0.2, 0) is 4.74 Å². The lowest BCUT2D eigenvalue weighted by Crippen LogP contribution is -2.25. The quantitative estimate of drug-likeness (QED) is 0.659. The molecule has 0 aliphatic heterocycles. The number of hydrogen-bond donors (Lipinski definition) is 0. The highest BCUT2D eigenvalue weighted by atomic mass is 16.5. The van der Waals surface area contributed by atoms with E-state index in [1.165, 1.54) is 0 Å². The third-order valence-electron chi connectivity index (χ3n) is 2.59. The Balaban J connectivity index is 2.19. The van der Waals surface area contributed by atoms with Crippen molar-refractivity contribution >= 4 is 0 Å². The Hall–Kier alpha value is -1.57. The van der Waals surface area contributed by atoms with Crippen LogP contribution in [-0.4, -0.2) is 45.4 Å². The fourth-order valence-corrected chi connectivity index (χ4v) is 1.54. The summed E-state index contributed by atoms with van der Waals surface area (Å²) in [7, 11) is 3.77. The third kappa shape index (κ3) is 5.67. The van der Waals surface area contributed by atoms with E-state index in [2.05, 4.69) is 18.0 Å². The minimum atomic E-state index is 0.629. The van der Waals surface area contributed by atoms with E-state index in [4.69, 9.17) is 14.7 Å². The van der Waals surface area contributed by atoms with Gasteiger partial charge < -0.3 is 14.4 Å². The summed E-state index contributed by atoms with van der Waals surface area (Å²) in [6.45, 7) is 3.31. The Morgan fingerprint density at radius 2 is 2.11 bits per heavy atom. The Morgan fingerprint density at radius 1 is 1.28 bits per heavy atom. The molecule has 4 nitrogen and oxygen atoms in total. The van der Waals surface area contributed by atoms with Crippen molar-refractivity contribution in [3.8, 4) is 11.8 Å². The van der Waals surface area contributed by atoms with Gasteiger partial charge in [0.05, 0.1) is 24.8 Å². The van der Waals surface area contributed by atoms with E-state index in [-0.39, 0.29) is 0 Å². The first-order valence-electron chi connectivity index (χ1n) is 6.06. The highest BCUT2D eigenvalue weighted by molar-refractivity contribution is 5.36. The van der Waals surface area contributed by atoms with Crippen molar-refractivity contribution in [3.05, 3.63) is 29.8 Å². The monoisotopic (exact) mass is 248 g/mol. The minimum absolute atomic E-state index is 0.629. The molecule has 0 saturated heterocycles.